The molecule has 2 heterocycles. The van der Waals surface area contributed by atoms with Crippen LogP contribution in [0.15, 0.2) is 11.7 Å². The molecule has 96 valence electrons. The summed E-state index contributed by atoms with van der Waals surface area (Å²) >= 11 is 1.24. The number of aryl methyl sites for hydroxylation is 1. The van der Waals surface area contributed by atoms with Crippen molar-refractivity contribution in [3.63, 3.8) is 0 Å². The van der Waals surface area contributed by atoms with Gasteiger partial charge in [-0.15, -0.1) is 21.5 Å². The monoisotopic (exact) mass is 266 g/mol. The van der Waals surface area contributed by atoms with Gasteiger partial charge in [0.05, 0.1) is 6.04 Å². The molecule has 0 aliphatic heterocycles. The molecule has 0 saturated heterocycles. The lowest BCUT2D eigenvalue weighted by atomic mass is 10.3. The molecule has 2 aromatic heterocycles. The predicted octanol–water partition coefficient (Wildman–Crippen LogP) is 0.828. The number of hydrogen-bond donors (Lipinski definition) is 2. The van der Waals surface area contributed by atoms with Gasteiger partial charge in [0.15, 0.2) is 11.0 Å². The lowest BCUT2D eigenvalue weighted by Crippen LogP contribution is -2.28. The molecule has 1 atom stereocenters. The summed E-state index contributed by atoms with van der Waals surface area (Å²) in [5.41, 5.74) is 5.81. The normalized spacial score (nSPS) is 12.3. The van der Waals surface area contributed by atoms with E-state index in [2.05, 4.69) is 20.5 Å². The van der Waals surface area contributed by atoms with Gasteiger partial charge in [-0.3, -0.25) is 4.79 Å². The number of nitrogens with zero attached hydrogens (tertiary/aromatic N) is 4. The molecule has 0 aliphatic rings. The summed E-state index contributed by atoms with van der Waals surface area (Å²) in [6.45, 7) is 4.60. The Bertz CT molecular complexity index is 548. The van der Waals surface area contributed by atoms with E-state index in [-0.39, 0.29) is 11.9 Å². The van der Waals surface area contributed by atoms with E-state index >= 15 is 0 Å². The van der Waals surface area contributed by atoms with Gasteiger partial charge in [-0.1, -0.05) is 0 Å². The Morgan fingerprint density at radius 1 is 1.67 bits per heavy atom. The largest absolute Gasteiger partial charge is 0.375 e. The molecule has 0 fully saturated rings. The first-order valence-electron chi connectivity index (χ1n) is 5.51. The lowest BCUT2D eigenvalue weighted by Gasteiger charge is -2.12. The van der Waals surface area contributed by atoms with Gasteiger partial charge >= 0.3 is 0 Å². The van der Waals surface area contributed by atoms with Crippen molar-refractivity contribution in [3.8, 4) is 0 Å². The zero-order valence-corrected chi connectivity index (χ0v) is 10.9. The molecule has 8 heteroatoms. The van der Waals surface area contributed by atoms with Crippen LogP contribution in [0.3, 0.4) is 0 Å². The molecule has 0 radical (unpaired) electrons. The van der Waals surface area contributed by atoms with E-state index in [4.69, 9.17) is 5.73 Å². The Kier molecular flexibility index (Phi) is 3.56. The first-order valence-corrected chi connectivity index (χ1v) is 6.39. The highest BCUT2D eigenvalue weighted by atomic mass is 32.1. The maximum Gasteiger partial charge on any atom is 0.271 e. The van der Waals surface area contributed by atoms with Crippen LogP contribution in [0.5, 0.6) is 0 Å². The predicted molar refractivity (Wildman–Crippen MR) is 68.1 cm³/mol. The molecule has 2 rings (SSSR count). The second-order valence-electron chi connectivity index (χ2n) is 3.74. The Balaban J connectivity index is 2.08. The van der Waals surface area contributed by atoms with Crippen LogP contribution < -0.4 is 11.1 Å². The van der Waals surface area contributed by atoms with Crippen molar-refractivity contribution < 1.29 is 4.79 Å². The summed E-state index contributed by atoms with van der Waals surface area (Å²) < 4.78 is 1.88. The average Bonchev–Trinajstić information content (AvgIpc) is 2.96. The molecule has 2 aromatic rings. The standard InChI is InChI=1S/C10H14N6OS/c1-3-16-5-12-15-8(16)6(2)13-9(17)7-4-18-10(11)14-7/h4-6H,3H2,1-2H3,(H2,11,14)(H,13,17)/t6-/m1/s1. The molecule has 0 aromatic carbocycles. The van der Waals surface area contributed by atoms with Crippen LogP contribution in [0.2, 0.25) is 0 Å². The average molecular weight is 266 g/mol. The Hall–Kier alpha value is -1.96. The van der Waals surface area contributed by atoms with Crippen molar-refractivity contribution in [3.05, 3.63) is 23.2 Å². The molecule has 0 aliphatic carbocycles. The minimum absolute atomic E-state index is 0.233. The van der Waals surface area contributed by atoms with Crippen molar-refractivity contribution in [2.45, 2.75) is 26.4 Å². The fourth-order valence-corrected chi connectivity index (χ4v) is 2.11. The smallest absolute Gasteiger partial charge is 0.271 e. The Labute approximate surface area is 108 Å². The number of nitrogen functional groups attached to an aromatic ring is 1. The van der Waals surface area contributed by atoms with Crippen molar-refractivity contribution in [2.24, 2.45) is 0 Å². The molecule has 7 nitrogen and oxygen atoms in total. The summed E-state index contributed by atoms with van der Waals surface area (Å²) in [5, 5.41) is 12.6. The van der Waals surface area contributed by atoms with Crippen LogP contribution in [0, 0.1) is 0 Å². The molecule has 0 spiro atoms. The molecule has 0 saturated carbocycles. The Morgan fingerprint density at radius 3 is 3.06 bits per heavy atom. The number of hydrogen-bond acceptors (Lipinski definition) is 6. The number of carbonyl (C=O) groups is 1. The van der Waals surface area contributed by atoms with Crippen molar-refractivity contribution in [1.29, 1.82) is 0 Å². The fraction of sp³-hybridized carbons (Fsp3) is 0.400. The molecule has 3 N–H and O–H groups in total. The quantitative estimate of drug-likeness (QED) is 0.854. The van der Waals surface area contributed by atoms with E-state index in [1.165, 1.54) is 11.3 Å². The van der Waals surface area contributed by atoms with Crippen LogP contribution in [0.1, 0.15) is 36.2 Å². The minimum atomic E-state index is -0.263. The summed E-state index contributed by atoms with van der Waals surface area (Å²) in [7, 11) is 0. The van der Waals surface area contributed by atoms with E-state index < -0.39 is 0 Å². The number of carbonyl (C=O) groups excluding carboxylic acids is 1. The maximum absolute atomic E-state index is 11.9. The number of nitrogens with one attached hydrogen (secondary N) is 1. The second kappa shape index (κ2) is 5.13. The van der Waals surface area contributed by atoms with Gasteiger partial charge in [0.2, 0.25) is 0 Å². The van der Waals surface area contributed by atoms with Crippen molar-refractivity contribution in [1.82, 2.24) is 25.1 Å². The third kappa shape index (κ3) is 2.48. The van der Waals surface area contributed by atoms with Crippen LogP contribution in [0.4, 0.5) is 5.13 Å². The zero-order chi connectivity index (χ0) is 13.1. The summed E-state index contributed by atoms with van der Waals surface area (Å²) in [6, 6.07) is -0.233. The fourth-order valence-electron chi connectivity index (χ4n) is 1.57. The van der Waals surface area contributed by atoms with E-state index in [1.807, 2.05) is 18.4 Å². The van der Waals surface area contributed by atoms with Gasteiger partial charge in [0, 0.05) is 11.9 Å². The SMILES string of the molecule is CCn1cnnc1[C@@H](C)NC(=O)c1csc(N)n1. The van der Waals surface area contributed by atoms with Crippen LogP contribution >= 0.6 is 11.3 Å². The molecule has 0 unspecified atom stereocenters. The van der Waals surface area contributed by atoms with E-state index in [1.54, 1.807) is 11.7 Å². The summed E-state index contributed by atoms with van der Waals surface area (Å²) in [6.07, 6.45) is 1.64. The molecule has 1 amide bonds. The second-order valence-corrected chi connectivity index (χ2v) is 4.63. The van der Waals surface area contributed by atoms with E-state index in [0.29, 0.717) is 16.6 Å². The topological polar surface area (TPSA) is 98.7 Å². The van der Waals surface area contributed by atoms with Gasteiger partial charge in [-0.25, -0.2) is 4.98 Å². The number of anilines is 1. The third-order valence-electron chi connectivity index (χ3n) is 2.48. The summed E-state index contributed by atoms with van der Waals surface area (Å²) in [5.74, 6) is 0.454. The van der Waals surface area contributed by atoms with Crippen LogP contribution in [-0.2, 0) is 6.54 Å². The molecular formula is C10H14N6OS. The van der Waals surface area contributed by atoms with Crippen LogP contribution in [0.25, 0.3) is 0 Å². The van der Waals surface area contributed by atoms with E-state index in [9.17, 15) is 4.79 Å². The first kappa shape index (κ1) is 12.5. The van der Waals surface area contributed by atoms with Gasteiger partial charge in [0.25, 0.3) is 5.91 Å². The lowest BCUT2D eigenvalue weighted by molar-refractivity contribution is 0.0933. The van der Waals surface area contributed by atoms with Crippen molar-refractivity contribution >= 4 is 22.4 Å². The van der Waals surface area contributed by atoms with Gasteiger partial charge in [-0.05, 0) is 13.8 Å². The van der Waals surface area contributed by atoms with Gasteiger partial charge in [0.1, 0.15) is 12.0 Å². The number of amides is 1. The number of nitrogens with two attached hydrogens (primary N) is 1. The van der Waals surface area contributed by atoms with Crippen molar-refractivity contribution in [2.75, 3.05) is 5.73 Å². The van der Waals surface area contributed by atoms with E-state index in [0.717, 1.165) is 6.54 Å². The number of thiazole rings is 1. The zero-order valence-electron chi connectivity index (χ0n) is 10.1. The number of aromatic nitrogens is 4. The number of rotatable bonds is 4. The highest BCUT2D eigenvalue weighted by Crippen LogP contribution is 2.13. The molecule has 0 bridgehead atoms. The van der Waals surface area contributed by atoms with Gasteiger partial charge < -0.3 is 15.6 Å². The highest BCUT2D eigenvalue weighted by Gasteiger charge is 2.17. The third-order valence-corrected chi connectivity index (χ3v) is 3.15. The first-order chi connectivity index (χ1) is 8.61. The highest BCUT2D eigenvalue weighted by molar-refractivity contribution is 7.13. The van der Waals surface area contributed by atoms with Gasteiger partial charge in [-0.2, -0.15) is 0 Å². The summed E-state index contributed by atoms with van der Waals surface area (Å²) in [4.78, 5) is 15.8. The molecular weight excluding hydrogens is 252 g/mol. The maximum atomic E-state index is 11.9. The minimum Gasteiger partial charge on any atom is -0.375 e. The molecule has 18 heavy (non-hydrogen) atoms. The van der Waals surface area contributed by atoms with Crippen LogP contribution in [-0.4, -0.2) is 25.7 Å². The Morgan fingerprint density at radius 2 is 2.44 bits per heavy atom.